The van der Waals surface area contributed by atoms with Gasteiger partial charge in [0.05, 0.1) is 12.0 Å². The number of esters is 1. The smallest absolute Gasteiger partial charge is 0.404 e. The standard InChI is InChI=1S/C17H32F3NO2/c1-4-6-7-8-9-10-11-12-14(15(21)17(18,19)20)16(22)23-13(3)5-2/h13-15H,4-12,21H2,1-3H3/t13?,14-,15-/m1/s1. The van der Waals surface area contributed by atoms with Gasteiger partial charge in [-0.05, 0) is 19.8 Å². The fourth-order valence-corrected chi connectivity index (χ4v) is 2.36. The highest BCUT2D eigenvalue weighted by Crippen LogP contribution is 2.28. The lowest BCUT2D eigenvalue weighted by atomic mass is 9.93. The van der Waals surface area contributed by atoms with E-state index in [4.69, 9.17) is 10.5 Å². The molecular weight excluding hydrogens is 307 g/mol. The van der Waals surface area contributed by atoms with E-state index < -0.39 is 24.1 Å². The first-order valence-electron chi connectivity index (χ1n) is 8.76. The van der Waals surface area contributed by atoms with Crippen molar-refractivity contribution in [2.75, 3.05) is 0 Å². The van der Waals surface area contributed by atoms with Crippen molar-refractivity contribution in [3.63, 3.8) is 0 Å². The van der Waals surface area contributed by atoms with Crippen LogP contribution in [0, 0.1) is 5.92 Å². The molecule has 23 heavy (non-hydrogen) atoms. The Balaban J connectivity index is 4.42. The van der Waals surface area contributed by atoms with E-state index >= 15 is 0 Å². The van der Waals surface area contributed by atoms with Crippen molar-refractivity contribution in [3.8, 4) is 0 Å². The maximum absolute atomic E-state index is 12.9. The molecule has 0 aromatic rings. The molecule has 0 spiro atoms. The van der Waals surface area contributed by atoms with Gasteiger partial charge in [0.25, 0.3) is 0 Å². The van der Waals surface area contributed by atoms with Crippen LogP contribution in [0.2, 0.25) is 0 Å². The second kappa shape index (κ2) is 11.7. The number of rotatable bonds is 12. The van der Waals surface area contributed by atoms with Crippen LogP contribution in [0.1, 0.15) is 78.6 Å². The van der Waals surface area contributed by atoms with E-state index in [2.05, 4.69) is 6.92 Å². The van der Waals surface area contributed by atoms with Gasteiger partial charge in [0.1, 0.15) is 6.04 Å². The highest BCUT2D eigenvalue weighted by Gasteiger charge is 2.45. The topological polar surface area (TPSA) is 52.3 Å². The lowest BCUT2D eigenvalue weighted by molar-refractivity contribution is -0.179. The zero-order chi connectivity index (χ0) is 17.9. The summed E-state index contributed by atoms with van der Waals surface area (Å²) in [6.07, 6.45) is 2.67. The Morgan fingerprint density at radius 3 is 2.04 bits per heavy atom. The maximum atomic E-state index is 12.9. The molecule has 0 amide bonds. The van der Waals surface area contributed by atoms with E-state index in [0.29, 0.717) is 12.8 Å². The largest absolute Gasteiger partial charge is 0.462 e. The minimum Gasteiger partial charge on any atom is -0.462 e. The SMILES string of the molecule is CCCCCCCCC[C@@H](C(=O)OC(C)CC)[C@@H](N)C(F)(F)F. The molecule has 3 atom stereocenters. The molecule has 0 saturated carbocycles. The highest BCUT2D eigenvalue weighted by molar-refractivity contribution is 5.73. The minimum absolute atomic E-state index is 0.129. The molecule has 0 radical (unpaired) electrons. The lowest BCUT2D eigenvalue weighted by Crippen LogP contribution is -2.47. The van der Waals surface area contributed by atoms with E-state index in [1.54, 1.807) is 6.92 Å². The average molecular weight is 339 g/mol. The number of halogens is 3. The second-order valence-corrected chi connectivity index (χ2v) is 6.24. The Morgan fingerprint density at radius 2 is 1.57 bits per heavy atom. The molecule has 0 aliphatic heterocycles. The maximum Gasteiger partial charge on any atom is 0.404 e. The number of nitrogens with two attached hydrogens (primary N) is 1. The molecule has 0 aliphatic rings. The number of unbranched alkanes of at least 4 members (excludes halogenated alkanes) is 6. The predicted molar refractivity (Wildman–Crippen MR) is 86.0 cm³/mol. The van der Waals surface area contributed by atoms with E-state index in [1.165, 1.54) is 6.42 Å². The first kappa shape index (κ1) is 22.2. The zero-order valence-corrected chi connectivity index (χ0v) is 14.6. The quantitative estimate of drug-likeness (QED) is 0.403. The summed E-state index contributed by atoms with van der Waals surface area (Å²) in [7, 11) is 0. The molecule has 0 aromatic heterocycles. The summed E-state index contributed by atoms with van der Waals surface area (Å²) in [5, 5.41) is 0. The Labute approximate surface area is 138 Å². The molecule has 0 rings (SSSR count). The molecule has 3 nitrogen and oxygen atoms in total. The van der Waals surface area contributed by atoms with Crippen molar-refractivity contribution in [1.82, 2.24) is 0 Å². The number of carbonyl (C=O) groups excluding carboxylic acids is 1. The van der Waals surface area contributed by atoms with E-state index in [-0.39, 0.29) is 12.5 Å². The number of hydrogen-bond acceptors (Lipinski definition) is 3. The van der Waals surface area contributed by atoms with Gasteiger partial charge >= 0.3 is 12.1 Å². The van der Waals surface area contributed by atoms with Gasteiger partial charge in [-0.1, -0.05) is 58.8 Å². The normalized spacial score (nSPS) is 16.0. The number of alkyl halides is 3. The molecule has 0 saturated heterocycles. The summed E-state index contributed by atoms with van der Waals surface area (Å²) in [4.78, 5) is 12.0. The summed E-state index contributed by atoms with van der Waals surface area (Å²) >= 11 is 0. The van der Waals surface area contributed by atoms with Crippen LogP contribution in [-0.2, 0) is 9.53 Å². The van der Waals surface area contributed by atoms with Gasteiger partial charge in [-0.2, -0.15) is 13.2 Å². The van der Waals surface area contributed by atoms with Crippen molar-refractivity contribution in [1.29, 1.82) is 0 Å². The average Bonchev–Trinajstić information content (AvgIpc) is 2.48. The minimum atomic E-state index is -4.58. The molecule has 0 aromatic carbocycles. The molecule has 0 bridgehead atoms. The first-order valence-corrected chi connectivity index (χ1v) is 8.76. The molecular formula is C17H32F3NO2. The third-order valence-electron chi connectivity index (χ3n) is 4.13. The summed E-state index contributed by atoms with van der Waals surface area (Å²) in [6, 6.07) is -2.15. The molecule has 1 unspecified atom stereocenters. The van der Waals surface area contributed by atoms with Crippen molar-refractivity contribution in [2.45, 2.75) is 96.9 Å². The van der Waals surface area contributed by atoms with Crippen molar-refractivity contribution in [3.05, 3.63) is 0 Å². The van der Waals surface area contributed by atoms with Crippen LogP contribution in [0.25, 0.3) is 0 Å². The fourth-order valence-electron chi connectivity index (χ4n) is 2.36. The third kappa shape index (κ3) is 9.84. The van der Waals surface area contributed by atoms with E-state index in [0.717, 1.165) is 32.1 Å². The van der Waals surface area contributed by atoms with Gasteiger partial charge in [-0.15, -0.1) is 0 Å². The summed E-state index contributed by atoms with van der Waals surface area (Å²) in [5.41, 5.74) is 5.27. The lowest BCUT2D eigenvalue weighted by Gasteiger charge is -2.25. The predicted octanol–water partition coefficient (Wildman–Crippen LogP) is 4.97. The van der Waals surface area contributed by atoms with Gasteiger partial charge in [-0.3, -0.25) is 4.79 Å². The van der Waals surface area contributed by atoms with Gasteiger partial charge in [0.15, 0.2) is 0 Å². The van der Waals surface area contributed by atoms with Crippen LogP contribution >= 0.6 is 0 Å². The summed E-state index contributed by atoms with van der Waals surface area (Å²) in [5.74, 6) is -2.13. The van der Waals surface area contributed by atoms with Gasteiger partial charge in [0.2, 0.25) is 0 Å². The fraction of sp³-hybridized carbons (Fsp3) is 0.941. The van der Waals surface area contributed by atoms with Crippen LogP contribution in [0.15, 0.2) is 0 Å². The van der Waals surface area contributed by atoms with Gasteiger partial charge in [0, 0.05) is 0 Å². The molecule has 0 fully saturated rings. The monoisotopic (exact) mass is 339 g/mol. The molecule has 2 N–H and O–H groups in total. The number of hydrogen-bond donors (Lipinski definition) is 1. The van der Waals surface area contributed by atoms with Gasteiger partial charge < -0.3 is 10.5 Å². The molecule has 0 aliphatic carbocycles. The second-order valence-electron chi connectivity index (χ2n) is 6.24. The van der Waals surface area contributed by atoms with Gasteiger partial charge in [-0.25, -0.2) is 0 Å². The molecule has 6 heteroatoms. The van der Waals surface area contributed by atoms with Crippen LogP contribution in [-0.4, -0.2) is 24.3 Å². The van der Waals surface area contributed by atoms with Crippen LogP contribution in [0.4, 0.5) is 13.2 Å². The summed E-state index contributed by atoms with van der Waals surface area (Å²) in [6.45, 7) is 5.61. The Kier molecular flexibility index (Phi) is 11.3. The highest BCUT2D eigenvalue weighted by atomic mass is 19.4. The Bertz CT molecular complexity index is 321. The zero-order valence-electron chi connectivity index (χ0n) is 14.6. The molecule has 138 valence electrons. The van der Waals surface area contributed by atoms with E-state index in [1.807, 2.05) is 6.92 Å². The first-order chi connectivity index (χ1) is 10.7. The van der Waals surface area contributed by atoms with E-state index in [9.17, 15) is 18.0 Å². The van der Waals surface area contributed by atoms with Crippen LogP contribution in [0.3, 0.4) is 0 Å². The van der Waals surface area contributed by atoms with Crippen molar-refractivity contribution < 1.29 is 22.7 Å². The third-order valence-corrected chi connectivity index (χ3v) is 4.13. The Hall–Kier alpha value is -0.780. The van der Waals surface area contributed by atoms with Crippen molar-refractivity contribution in [2.24, 2.45) is 11.7 Å². The number of ether oxygens (including phenoxy) is 1. The molecule has 0 heterocycles. The van der Waals surface area contributed by atoms with Crippen LogP contribution < -0.4 is 5.73 Å². The van der Waals surface area contributed by atoms with Crippen LogP contribution in [0.5, 0.6) is 0 Å². The number of carbonyl (C=O) groups is 1. The Morgan fingerprint density at radius 1 is 1.04 bits per heavy atom. The van der Waals surface area contributed by atoms with Crippen molar-refractivity contribution >= 4 is 5.97 Å². The summed E-state index contributed by atoms with van der Waals surface area (Å²) < 4.78 is 43.7.